The Morgan fingerprint density at radius 1 is 1.24 bits per heavy atom. The molecule has 0 atom stereocenters. The second-order valence-electron chi connectivity index (χ2n) is 4.49. The van der Waals surface area contributed by atoms with Gasteiger partial charge in [-0.3, -0.25) is 4.90 Å². The standard InChI is InChI=1S/C12H15F3N2/c1-17(8-12(13,14)15)7-9-2-3-10-5-16-6-11(10)4-9/h2-4,16H,5-8H2,1H3. The van der Waals surface area contributed by atoms with Crippen molar-refractivity contribution in [3.05, 3.63) is 34.9 Å². The van der Waals surface area contributed by atoms with E-state index in [1.54, 1.807) is 0 Å². The number of halogens is 3. The molecule has 1 N–H and O–H groups in total. The van der Waals surface area contributed by atoms with Crippen LogP contribution in [0.5, 0.6) is 0 Å². The van der Waals surface area contributed by atoms with Gasteiger partial charge in [0, 0.05) is 19.6 Å². The summed E-state index contributed by atoms with van der Waals surface area (Å²) in [5, 5.41) is 3.21. The molecule has 0 radical (unpaired) electrons. The quantitative estimate of drug-likeness (QED) is 0.877. The van der Waals surface area contributed by atoms with Gasteiger partial charge >= 0.3 is 6.18 Å². The zero-order valence-corrected chi connectivity index (χ0v) is 9.64. The fourth-order valence-electron chi connectivity index (χ4n) is 2.12. The third kappa shape index (κ3) is 3.44. The summed E-state index contributed by atoms with van der Waals surface area (Å²) in [6.07, 6.45) is -4.13. The van der Waals surface area contributed by atoms with Crippen LogP contribution in [-0.4, -0.2) is 24.7 Å². The fourth-order valence-corrected chi connectivity index (χ4v) is 2.12. The van der Waals surface area contributed by atoms with Gasteiger partial charge in [0.1, 0.15) is 0 Å². The molecular weight excluding hydrogens is 229 g/mol. The second kappa shape index (κ2) is 4.66. The molecule has 0 aromatic heterocycles. The highest BCUT2D eigenvalue weighted by molar-refractivity contribution is 5.34. The van der Waals surface area contributed by atoms with Gasteiger partial charge in [-0.15, -0.1) is 0 Å². The number of rotatable bonds is 3. The summed E-state index contributed by atoms with van der Waals surface area (Å²) in [5.74, 6) is 0. The summed E-state index contributed by atoms with van der Waals surface area (Å²) in [6.45, 7) is 1.12. The molecule has 0 bridgehead atoms. The third-order valence-electron chi connectivity index (χ3n) is 2.80. The first-order valence-electron chi connectivity index (χ1n) is 5.51. The van der Waals surface area contributed by atoms with Crippen LogP contribution in [0.1, 0.15) is 16.7 Å². The Balaban J connectivity index is 1.99. The Hall–Kier alpha value is -1.07. The summed E-state index contributed by atoms with van der Waals surface area (Å²) in [6, 6.07) is 5.88. The van der Waals surface area contributed by atoms with E-state index in [0.717, 1.165) is 18.7 Å². The highest BCUT2D eigenvalue weighted by Crippen LogP contribution is 2.20. The van der Waals surface area contributed by atoms with Crippen LogP contribution in [0, 0.1) is 0 Å². The van der Waals surface area contributed by atoms with E-state index in [2.05, 4.69) is 5.32 Å². The lowest BCUT2D eigenvalue weighted by Crippen LogP contribution is -2.30. The first-order chi connectivity index (χ1) is 7.94. The van der Waals surface area contributed by atoms with E-state index in [1.165, 1.54) is 23.1 Å². The third-order valence-corrected chi connectivity index (χ3v) is 2.80. The van der Waals surface area contributed by atoms with Crippen LogP contribution in [0.4, 0.5) is 13.2 Å². The average molecular weight is 244 g/mol. The van der Waals surface area contributed by atoms with Crippen molar-refractivity contribution in [2.45, 2.75) is 25.8 Å². The molecule has 1 aromatic rings. The summed E-state index contributed by atoms with van der Waals surface area (Å²) < 4.78 is 36.5. The van der Waals surface area contributed by atoms with Crippen LogP contribution in [0.25, 0.3) is 0 Å². The number of hydrogen-bond acceptors (Lipinski definition) is 2. The molecule has 94 valence electrons. The molecule has 0 amide bonds. The van der Waals surface area contributed by atoms with Crippen molar-refractivity contribution in [2.75, 3.05) is 13.6 Å². The van der Waals surface area contributed by atoms with Crippen molar-refractivity contribution in [1.82, 2.24) is 10.2 Å². The monoisotopic (exact) mass is 244 g/mol. The van der Waals surface area contributed by atoms with E-state index < -0.39 is 12.7 Å². The zero-order chi connectivity index (χ0) is 12.5. The number of alkyl halides is 3. The zero-order valence-electron chi connectivity index (χ0n) is 9.64. The molecule has 0 unspecified atom stereocenters. The summed E-state index contributed by atoms with van der Waals surface area (Å²) in [4.78, 5) is 1.28. The second-order valence-corrected chi connectivity index (χ2v) is 4.49. The maximum Gasteiger partial charge on any atom is 0.401 e. The minimum Gasteiger partial charge on any atom is -0.309 e. The molecule has 17 heavy (non-hydrogen) atoms. The predicted molar refractivity (Wildman–Crippen MR) is 59.4 cm³/mol. The van der Waals surface area contributed by atoms with Crippen LogP contribution < -0.4 is 5.32 Å². The molecule has 1 aromatic carbocycles. The van der Waals surface area contributed by atoms with Gasteiger partial charge in [0.25, 0.3) is 0 Å². The SMILES string of the molecule is CN(Cc1ccc2c(c1)CNC2)CC(F)(F)F. The van der Waals surface area contributed by atoms with Crippen molar-refractivity contribution in [1.29, 1.82) is 0 Å². The largest absolute Gasteiger partial charge is 0.401 e. The molecule has 0 fully saturated rings. The van der Waals surface area contributed by atoms with Gasteiger partial charge in [0.15, 0.2) is 0 Å². The Morgan fingerprint density at radius 3 is 2.65 bits per heavy atom. The van der Waals surface area contributed by atoms with Gasteiger partial charge in [0.2, 0.25) is 0 Å². The van der Waals surface area contributed by atoms with Crippen LogP contribution in [0.15, 0.2) is 18.2 Å². The van der Waals surface area contributed by atoms with Crippen LogP contribution >= 0.6 is 0 Å². The van der Waals surface area contributed by atoms with Crippen LogP contribution in [-0.2, 0) is 19.6 Å². The van der Waals surface area contributed by atoms with E-state index in [0.29, 0.717) is 6.54 Å². The molecule has 1 heterocycles. The minimum absolute atomic E-state index is 0.326. The first kappa shape index (κ1) is 12.4. The lowest BCUT2D eigenvalue weighted by Gasteiger charge is -2.18. The Labute approximate surface area is 98.4 Å². The van der Waals surface area contributed by atoms with Gasteiger partial charge in [-0.25, -0.2) is 0 Å². The first-order valence-corrected chi connectivity index (χ1v) is 5.51. The molecule has 0 saturated heterocycles. The van der Waals surface area contributed by atoms with Crippen molar-refractivity contribution in [2.24, 2.45) is 0 Å². The van der Waals surface area contributed by atoms with Crippen molar-refractivity contribution >= 4 is 0 Å². The highest BCUT2D eigenvalue weighted by atomic mass is 19.4. The maximum absolute atomic E-state index is 12.2. The van der Waals surface area contributed by atoms with Gasteiger partial charge < -0.3 is 5.32 Å². The molecule has 0 spiro atoms. The summed E-state index contributed by atoms with van der Waals surface area (Å²) in [5.41, 5.74) is 3.37. The fraction of sp³-hybridized carbons (Fsp3) is 0.500. The normalized spacial score (nSPS) is 15.4. The molecule has 0 saturated carbocycles. The van der Waals surface area contributed by atoms with E-state index >= 15 is 0 Å². The van der Waals surface area contributed by atoms with Gasteiger partial charge in [-0.1, -0.05) is 18.2 Å². The minimum atomic E-state index is -4.13. The van der Waals surface area contributed by atoms with E-state index in [1.807, 2.05) is 18.2 Å². The molecule has 0 aliphatic carbocycles. The van der Waals surface area contributed by atoms with Crippen LogP contribution in [0.3, 0.4) is 0 Å². The molecular formula is C12H15F3N2. The van der Waals surface area contributed by atoms with Crippen molar-refractivity contribution in [3.63, 3.8) is 0 Å². The van der Waals surface area contributed by atoms with Crippen molar-refractivity contribution in [3.8, 4) is 0 Å². The van der Waals surface area contributed by atoms with Gasteiger partial charge in [-0.05, 0) is 23.7 Å². The van der Waals surface area contributed by atoms with E-state index in [4.69, 9.17) is 0 Å². The Kier molecular flexibility index (Phi) is 3.40. The topological polar surface area (TPSA) is 15.3 Å². The van der Waals surface area contributed by atoms with Crippen molar-refractivity contribution < 1.29 is 13.2 Å². The van der Waals surface area contributed by atoms with E-state index in [9.17, 15) is 13.2 Å². The van der Waals surface area contributed by atoms with Crippen LogP contribution in [0.2, 0.25) is 0 Å². The molecule has 5 heteroatoms. The Bertz CT molecular complexity index is 401. The number of fused-ring (bicyclic) bond motifs is 1. The smallest absolute Gasteiger partial charge is 0.309 e. The summed E-state index contributed by atoms with van der Waals surface area (Å²) >= 11 is 0. The highest BCUT2D eigenvalue weighted by Gasteiger charge is 2.29. The molecule has 1 aliphatic rings. The molecule has 1 aliphatic heterocycles. The van der Waals surface area contributed by atoms with E-state index in [-0.39, 0.29) is 0 Å². The predicted octanol–water partition coefficient (Wildman–Crippen LogP) is 2.28. The molecule has 2 rings (SSSR count). The number of hydrogen-bond donors (Lipinski definition) is 1. The lowest BCUT2D eigenvalue weighted by atomic mass is 10.1. The van der Waals surface area contributed by atoms with Gasteiger partial charge in [0.05, 0.1) is 6.54 Å². The number of nitrogens with one attached hydrogen (secondary N) is 1. The molecule has 2 nitrogen and oxygen atoms in total. The number of benzene rings is 1. The maximum atomic E-state index is 12.2. The summed E-state index contributed by atoms with van der Waals surface area (Å²) in [7, 11) is 1.49. The lowest BCUT2D eigenvalue weighted by molar-refractivity contribution is -0.144. The number of nitrogens with zero attached hydrogens (tertiary/aromatic N) is 1. The van der Waals surface area contributed by atoms with Gasteiger partial charge in [-0.2, -0.15) is 13.2 Å². The Morgan fingerprint density at radius 2 is 1.94 bits per heavy atom. The average Bonchev–Trinajstić information content (AvgIpc) is 2.61.